The molecule has 0 bridgehead atoms. The van der Waals surface area contributed by atoms with Crippen molar-refractivity contribution < 1.29 is 19.1 Å². The lowest BCUT2D eigenvalue weighted by Gasteiger charge is -2.05. The number of carbonyl (C=O) groups excluding carboxylic acids is 2. The van der Waals surface area contributed by atoms with Gasteiger partial charge in [-0.3, -0.25) is 9.59 Å². The van der Waals surface area contributed by atoms with Gasteiger partial charge in [-0.1, -0.05) is 29.3 Å². The van der Waals surface area contributed by atoms with Gasteiger partial charge in [0.15, 0.2) is 0 Å². The molecule has 0 saturated heterocycles. The van der Waals surface area contributed by atoms with Crippen LogP contribution in [-0.2, 0) is 14.3 Å². The Bertz CT molecular complexity index is 442. The van der Waals surface area contributed by atoms with Gasteiger partial charge in [-0.05, 0) is 43.5 Å². The molecule has 0 aliphatic heterocycles. The summed E-state index contributed by atoms with van der Waals surface area (Å²) in [5, 5.41) is 0. The number of carbonyl (C=O) groups is 2. The van der Waals surface area contributed by atoms with Gasteiger partial charge in [0.05, 0.1) is 6.61 Å². The highest BCUT2D eigenvalue weighted by atomic mass is 79.9. The van der Waals surface area contributed by atoms with E-state index in [0.29, 0.717) is 38.0 Å². The maximum absolute atomic E-state index is 11.6. The fourth-order valence-corrected chi connectivity index (χ4v) is 1.89. The Morgan fingerprint density at radius 3 is 2.24 bits per heavy atom. The second-order valence-corrected chi connectivity index (χ2v) is 5.62. The normalized spacial score (nSPS) is 10.2. The van der Waals surface area contributed by atoms with Crippen molar-refractivity contribution in [1.82, 2.24) is 0 Å². The number of esters is 2. The highest BCUT2D eigenvalue weighted by Crippen LogP contribution is 2.17. The summed E-state index contributed by atoms with van der Waals surface area (Å²) in [7, 11) is 0. The molecule has 0 aliphatic carbocycles. The predicted octanol–water partition coefficient (Wildman–Crippen LogP) is 4.26. The third-order valence-electron chi connectivity index (χ3n) is 2.82. The molecule has 1 rings (SSSR count). The minimum absolute atomic E-state index is 0.190. The molecule has 4 nitrogen and oxygen atoms in total. The minimum Gasteiger partial charge on any atom is -0.466 e. The Balaban J connectivity index is 2.10. The van der Waals surface area contributed by atoms with Crippen LogP contribution in [0.2, 0.25) is 0 Å². The Morgan fingerprint density at radius 2 is 1.62 bits per heavy atom. The van der Waals surface area contributed by atoms with Gasteiger partial charge in [0.25, 0.3) is 0 Å². The van der Waals surface area contributed by atoms with Crippen LogP contribution in [0.3, 0.4) is 0 Å². The van der Waals surface area contributed by atoms with Gasteiger partial charge in [0.2, 0.25) is 0 Å². The van der Waals surface area contributed by atoms with E-state index in [1.807, 2.05) is 19.1 Å². The van der Waals surface area contributed by atoms with Crippen LogP contribution in [0.1, 0.15) is 45.4 Å². The largest absolute Gasteiger partial charge is 0.466 e. The van der Waals surface area contributed by atoms with E-state index in [9.17, 15) is 9.59 Å². The molecule has 1 aromatic carbocycles. The summed E-state index contributed by atoms with van der Waals surface area (Å²) in [6.45, 7) is 2.53. The van der Waals surface area contributed by atoms with Gasteiger partial charge in [-0.2, -0.15) is 0 Å². The van der Waals surface area contributed by atoms with Crippen LogP contribution in [0.25, 0.3) is 0 Å². The van der Waals surface area contributed by atoms with Gasteiger partial charge < -0.3 is 9.47 Å². The monoisotopic (exact) mass is 356 g/mol. The summed E-state index contributed by atoms with van der Waals surface area (Å²) < 4.78 is 11.2. The number of benzene rings is 1. The number of ether oxygens (including phenoxy) is 2. The second kappa shape index (κ2) is 10.4. The van der Waals surface area contributed by atoms with E-state index >= 15 is 0 Å². The van der Waals surface area contributed by atoms with Gasteiger partial charge >= 0.3 is 11.9 Å². The van der Waals surface area contributed by atoms with E-state index in [1.54, 1.807) is 12.1 Å². The minimum atomic E-state index is -0.281. The quantitative estimate of drug-likeness (QED) is 0.377. The number of unbranched alkanes of at least 4 members (excludes halogenated alkanes) is 2. The highest BCUT2D eigenvalue weighted by molar-refractivity contribution is 9.10. The zero-order valence-corrected chi connectivity index (χ0v) is 13.9. The van der Waals surface area contributed by atoms with Crippen molar-refractivity contribution >= 4 is 27.9 Å². The standard InChI is InChI=1S/C16H21BrO4/c1-2-3-12-20-15(18)6-4-5-7-16(19)21-14-10-8-13(17)9-11-14/h8-11H,2-7,12H2,1H3. The molecular weight excluding hydrogens is 336 g/mol. The van der Waals surface area contributed by atoms with Crippen LogP contribution in [0.15, 0.2) is 28.7 Å². The van der Waals surface area contributed by atoms with E-state index in [0.717, 1.165) is 17.3 Å². The van der Waals surface area contributed by atoms with Crippen molar-refractivity contribution in [3.8, 4) is 5.75 Å². The number of rotatable bonds is 9. The molecule has 0 heterocycles. The first-order valence-corrected chi connectivity index (χ1v) is 8.03. The summed E-state index contributed by atoms with van der Waals surface area (Å²) in [4.78, 5) is 22.9. The molecule has 0 N–H and O–H groups in total. The van der Waals surface area contributed by atoms with Gasteiger partial charge in [-0.15, -0.1) is 0 Å². The Kier molecular flexibility index (Phi) is 8.74. The fourth-order valence-electron chi connectivity index (χ4n) is 1.63. The average molecular weight is 357 g/mol. The predicted molar refractivity (Wildman–Crippen MR) is 84.1 cm³/mol. The SMILES string of the molecule is CCCCOC(=O)CCCCC(=O)Oc1ccc(Br)cc1. The molecule has 0 unspecified atom stereocenters. The maximum Gasteiger partial charge on any atom is 0.311 e. The molecule has 0 radical (unpaired) electrons. The lowest BCUT2D eigenvalue weighted by molar-refractivity contribution is -0.144. The molecule has 116 valence electrons. The van der Waals surface area contributed by atoms with Gasteiger partial charge in [0.1, 0.15) is 5.75 Å². The lowest BCUT2D eigenvalue weighted by atomic mass is 10.2. The molecule has 0 saturated carbocycles. The topological polar surface area (TPSA) is 52.6 Å². The zero-order chi connectivity index (χ0) is 15.5. The van der Waals surface area contributed by atoms with E-state index in [2.05, 4.69) is 15.9 Å². The fraction of sp³-hybridized carbons (Fsp3) is 0.500. The first-order chi connectivity index (χ1) is 10.1. The van der Waals surface area contributed by atoms with E-state index < -0.39 is 0 Å². The molecule has 0 aromatic heterocycles. The summed E-state index contributed by atoms with van der Waals surface area (Å²) >= 11 is 3.31. The summed E-state index contributed by atoms with van der Waals surface area (Å²) in [5.41, 5.74) is 0. The lowest BCUT2D eigenvalue weighted by Crippen LogP contribution is -2.09. The first-order valence-electron chi connectivity index (χ1n) is 7.23. The molecule has 0 aliphatic rings. The molecule has 5 heteroatoms. The van der Waals surface area contributed by atoms with Crippen molar-refractivity contribution in [3.05, 3.63) is 28.7 Å². The Hall–Kier alpha value is -1.36. The van der Waals surface area contributed by atoms with Gasteiger partial charge in [-0.25, -0.2) is 0 Å². The first kappa shape index (κ1) is 17.7. The van der Waals surface area contributed by atoms with Crippen molar-refractivity contribution in [1.29, 1.82) is 0 Å². The molecule has 0 amide bonds. The van der Waals surface area contributed by atoms with Gasteiger partial charge in [0, 0.05) is 17.3 Å². The van der Waals surface area contributed by atoms with Crippen LogP contribution in [-0.4, -0.2) is 18.5 Å². The Morgan fingerprint density at radius 1 is 1.00 bits per heavy atom. The van der Waals surface area contributed by atoms with Crippen LogP contribution >= 0.6 is 15.9 Å². The second-order valence-electron chi connectivity index (χ2n) is 4.71. The van der Waals surface area contributed by atoms with Crippen LogP contribution in [0.4, 0.5) is 0 Å². The van der Waals surface area contributed by atoms with E-state index in [-0.39, 0.29) is 11.9 Å². The van der Waals surface area contributed by atoms with Crippen molar-refractivity contribution in [2.75, 3.05) is 6.61 Å². The Labute approximate surface area is 133 Å². The third-order valence-corrected chi connectivity index (χ3v) is 3.35. The van der Waals surface area contributed by atoms with Crippen molar-refractivity contribution in [3.63, 3.8) is 0 Å². The number of halogens is 1. The summed E-state index contributed by atoms with van der Waals surface area (Å²) in [6.07, 6.45) is 3.83. The summed E-state index contributed by atoms with van der Waals surface area (Å²) in [6, 6.07) is 7.09. The molecule has 0 atom stereocenters. The molecule has 1 aromatic rings. The number of hydrogen-bond donors (Lipinski definition) is 0. The highest BCUT2D eigenvalue weighted by Gasteiger charge is 2.07. The van der Waals surface area contributed by atoms with E-state index in [1.165, 1.54) is 0 Å². The number of hydrogen-bond acceptors (Lipinski definition) is 4. The maximum atomic E-state index is 11.6. The van der Waals surface area contributed by atoms with Crippen molar-refractivity contribution in [2.24, 2.45) is 0 Å². The molecule has 0 fully saturated rings. The van der Waals surface area contributed by atoms with Crippen LogP contribution < -0.4 is 4.74 Å². The van der Waals surface area contributed by atoms with E-state index in [4.69, 9.17) is 9.47 Å². The van der Waals surface area contributed by atoms with Crippen LogP contribution in [0, 0.1) is 0 Å². The molecule has 0 spiro atoms. The average Bonchev–Trinajstić information content (AvgIpc) is 2.46. The summed E-state index contributed by atoms with van der Waals surface area (Å²) in [5.74, 6) is 0.0589. The zero-order valence-electron chi connectivity index (χ0n) is 12.3. The third kappa shape index (κ3) is 8.50. The van der Waals surface area contributed by atoms with Crippen molar-refractivity contribution in [2.45, 2.75) is 45.4 Å². The molecule has 21 heavy (non-hydrogen) atoms. The van der Waals surface area contributed by atoms with Crippen LogP contribution in [0.5, 0.6) is 5.75 Å². The smallest absolute Gasteiger partial charge is 0.311 e. The molecular formula is C16H21BrO4.